The van der Waals surface area contributed by atoms with E-state index in [1.54, 1.807) is 25.1 Å². The first-order valence-corrected chi connectivity index (χ1v) is 9.04. The highest BCUT2D eigenvalue weighted by Crippen LogP contribution is 2.38. The molecule has 0 aromatic heterocycles. The Labute approximate surface area is 150 Å². The second-order valence-electron chi connectivity index (χ2n) is 4.80. The van der Waals surface area contributed by atoms with Crippen molar-refractivity contribution in [1.29, 1.82) is 0 Å². The number of hydrogen-bond donors (Lipinski definition) is 0. The second-order valence-corrected chi connectivity index (χ2v) is 7.93. The highest BCUT2D eigenvalue weighted by molar-refractivity contribution is 7.93. The van der Waals surface area contributed by atoms with Crippen molar-refractivity contribution in [3.05, 3.63) is 51.0 Å². The minimum Gasteiger partial charge on any atom is -0.495 e. The first-order chi connectivity index (χ1) is 10.7. The van der Waals surface area contributed by atoms with Gasteiger partial charge >= 0.3 is 0 Å². The molecule has 2 aromatic carbocycles. The molecule has 0 spiro atoms. The van der Waals surface area contributed by atoms with Crippen LogP contribution in [0.3, 0.4) is 0 Å². The number of benzene rings is 2. The maximum Gasteiger partial charge on any atom is 0.265 e. The van der Waals surface area contributed by atoms with Gasteiger partial charge in [-0.1, -0.05) is 34.8 Å². The summed E-state index contributed by atoms with van der Waals surface area (Å²) in [6, 6.07) is 7.77. The van der Waals surface area contributed by atoms with Crippen LogP contribution in [0.4, 0.5) is 5.69 Å². The molecule has 23 heavy (non-hydrogen) atoms. The summed E-state index contributed by atoms with van der Waals surface area (Å²) in [6.07, 6.45) is 0. The van der Waals surface area contributed by atoms with Crippen molar-refractivity contribution in [2.24, 2.45) is 0 Å². The number of nitrogens with zero attached hydrogens (tertiary/aromatic N) is 1. The lowest BCUT2D eigenvalue weighted by Gasteiger charge is -2.22. The minimum absolute atomic E-state index is 0.0523. The largest absolute Gasteiger partial charge is 0.495 e. The molecular formula is C15H14Cl3NO3S. The van der Waals surface area contributed by atoms with Gasteiger partial charge in [0, 0.05) is 12.1 Å². The van der Waals surface area contributed by atoms with E-state index in [1.807, 2.05) is 0 Å². The van der Waals surface area contributed by atoms with Gasteiger partial charge in [0.1, 0.15) is 15.7 Å². The molecule has 0 bridgehead atoms. The lowest BCUT2D eigenvalue weighted by atomic mass is 10.2. The van der Waals surface area contributed by atoms with Crippen LogP contribution in [-0.2, 0) is 10.0 Å². The van der Waals surface area contributed by atoms with Gasteiger partial charge in [0.2, 0.25) is 0 Å². The number of methoxy groups -OCH3 is 1. The summed E-state index contributed by atoms with van der Waals surface area (Å²) >= 11 is 18.1. The summed E-state index contributed by atoms with van der Waals surface area (Å²) in [5, 5.41) is 0.503. The Morgan fingerprint density at radius 3 is 2.26 bits per heavy atom. The summed E-state index contributed by atoms with van der Waals surface area (Å²) < 4.78 is 31.9. The van der Waals surface area contributed by atoms with Crippen LogP contribution >= 0.6 is 34.8 Å². The van der Waals surface area contributed by atoms with Crippen molar-refractivity contribution in [1.82, 2.24) is 0 Å². The van der Waals surface area contributed by atoms with E-state index in [1.165, 1.54) is 26.3 Å². The first-order valence-electron chi connectivity index (χ1n) is 6.47. The second kappa shape index (κ2) is 6.77. The maximum atomic E-state index is 12.9. The molecule has 0 saturated carbocycles. The zero-order valence-electron chi connectivity index (χ0n) is 12.6. The van der Waals surface area contributed by atoms with Crippen LogP contribution in [0.5, 0.6) is 5.75 Å². The topological polar surface area (TPSA) is 46.6 Å². The lowest BCUT2D eigenvalue weighted by molar-refractivity contribution is 0.414. The molecule has 0 heterocycles. The maximum absolute atomic E-state index is 12.9. The number of aryl methyl sites for hydroxylation is 1. The van der Waals surface area contributed by atoms with Crippen molar-refractivity contribution in [3.63, 3.8) is 0 Å². The zero-order chi connectivity index (χ0) is 17.4. The monoisotopic (exact) mass is 393 g/mol. The summed E-state index contributed by atoms with van der Waals surface area (Å²) in [5.74, 6) is 0.306. The molecule has 0 aliphatic carbocycles. The summed E-state index contributed by atoms with van der Waals surface area (Å²) in [4.78, 5) is -0.0955. The molecule has 2 rings (SSSR count). The molecule has 0 unspecified atom stereocenters. The average molecular weight is 395 g/mol. The molecule has 8 heteroatoms. The van der Waals surface area contributed by atoms with E-state index < -0.39 is 10.0 Å². The van der Waals surface area contributed by atoms with Gasteiger partial charge in [-0.05, 0) is 42.8 Å². The Bertz CT molecular complexity index is 853. The van der Waals surface area contributed by atoms with Gasteiger partial charge in [-0.2, -0.15) is 0 Å². The number of hydrogen-bond acceptors (Lipinski definition) is 3. The number of sulfonamides is 1. The van der Waals surface area contributed by atoms with Gasteiger partial charge < -0.3 is 4.74 Å². The van der Waals surface area contributed by atoms with Crippen molar-refractivity contribution >= 4 is 50.5 Å². The third-order valence-electron chi connectivity index (χ3n) is 3.37. The highest BCUT2D eigenvalue weighted by atomic mass is 35.5. The molecule has 0 atom stereocenters. The van der Waals surface area contributed by atoms with E-state index in [0.717, 1.165) is 9.87 Å². The standard InChI is InChI=1S/C15H14Cl3NO3S/c1-9-8-10(16)4-5-11(9)19(2)23(20,21)13-7-6-12(22-3)14(17)15(13)18/h4-8H,1-3H3. The van der Waals surface area contributed by atoms with Gasteiger partial charge in [-0.15, -0.1) is 0 Å². The van der Waals surface area contributed by atoms with Gasteiger partial charge in [-0.25, -0.2) is 8.42 Å². The molecule has 0 N–H and O–H groups in total. The molecule has 0 radical (unpaired) electrons. The fourth-order valence-corrected chi connectivity index (χ4v) is 4.42. The molecule has 0 aliphatic rings. The molecule has 0 amide bonds. The summed E-state index contributed by atoms with van der Waals surface area (Å²) in [6.45, 7) is 1.77. The van der Waals surface area contributed by atoms with Crippen LogP contribution in [0.15, 0.2) is 35.2 Å². The molecule has 0 aliphatic heterocycles. The van der Waals surface area contributed by atoms with E-state index in [-0.39, 0.29) is 14.9 Å². The number of halogens is 3. The van der Waals surface area contributed by atoms with E-state index in [9.17, 15) is 8.42 Å². The Morgan fingerprint density at radius 1 is 1.04 bits per heavy atom. The van der Waals surface area contributed by atoms with Crippen LogP contribution in [0, 0.1) is 6.92 Å². The predicted molar refractivity (Wildman–Crippen MR) is 94.8 cm³/mol. The van der Waals surface area contributed by atoms with Crippen molar-refractivity contribution < 1.29 is 13.2 Å². The Balaban J connectivity index is 2.56. The smallest absolute Gasteiger partial charge is 0.265 e. The van der Waals surface area contributed by atoms with E-state index in [2.05, 4.69) is 0 Å². The van der Waals surface area contributed by atoms with E-state index in [4.69, 9.17) is 39.5 Å². The van der Waals surface area contributed by atoms with Crippen LogP contribution in [0.1, 0.15) is 5.56 Å². The molecular weight excluding hydrogens is 381 g/mol. The van der Waals surface area contributed by atoms with Crippen LogP contribution in [-0.4, -0.2) is 22.6 Å². The first kappa shape index (κ1) is 18.2. The highest BCUT2D eigenvalue weighted by Gasteiger charge is 2.27. The summed E-state index contributed by atoms with van der Waals surface area (Å²) in [7, 11) is -1.02. The fraction of sp³-hybridized carbons (Fsp3) is 0.200. The summed E-state index contributed by atoms with van der Waals surface area (Å²) in [5.41, 5.74) is 1.22. The number of ether oxygens (including phenoxy) is 1. The molecule has 124 valence electrons. The Morgan fingerprint density at radius 2 is 1.70 bits per heavy atom. The number of anilines is 1. The lowest BCUT2D eigenvalue weighted by Crippen LogP contribution is -2.27. The van der Waals surface area contributed by atoms with Crippen LogP contribution < -0.4 is 9.04 Å². The molecule has 4 nitrogen and oxygen atoms in total. The number of rotatable bonds is 4. The SMILES string of the molecule is COc1ccc(S(=O)(=O)N(C)c2ccc(Cl)cc2C)c(Cl)c1Cl. The van der Waals surface area contributed by atoms with Gasteiger partial charge in [0.05, 0.1) is 17.8 Å². The van der Waals surface area contributed by atoms with Crippen molar-refractivity contribution in [2.45, 2.75) is 11.8 Å². The van der Waals surface area contributed by atoms with Crippen molar-refractivity contribution in [2.75, 3.05) is 18.5 Å². The molecule has 0 saturated heterocycles. The predicted octanol–water partition coefficient (Wildman–Crippen LogP) is 4.79. The third kappa shape index (κ3) is 3.38. The van der Waals surface area contributed by atoms with E-state index >= 15 is 0 Å². The normalized spacial score (nSPS) is 11.4. The Hall–Kier alpha value is -1.14. The van der Waals surface area contributed by atoms with Crippen LogP contribution in [0.2, 0.25) is 15.1 Å². The van der Waals surface area contributed by atoms with Crippen molar-refractivity contribution in [3.8, 4) is 5.75 Å². The minimum atomic E-state index is -3.89. The average Bonchev–Trinajstić information content (AvgIpc) is 2.49. The van der Waals surface area contributed by atoms with Gasteiger partial charge in [-0.3, -0.25) is 4.31 Å². The fourth-order valence-electron chi connectivity index (χ4n) is 2.12. The van der Waals surface area contributed by atoms with Gasteiger partial charge in [0.15, 0.2) is 0 Å². The third-order valence-corrected chi connectivity index (χ3v) is 6.39. The molecule has 2 aromatic rings. The molecule has 0 fully saturated rings. The van der Waals surface area contributed by atoms with Crippen LogP contribution in [0.25, 0.3) is 0 Å². The van der Waals surface area contributed by atoms with Gasteiger partial charge in [0.25, 0.3) is 10.0 Å². The zero-order valence-corrected chi connectivity index (χ0v) is 15.7. The Kier molecular flexibility index (Phi) is 5.36. The quantitative estimate of drug-likeness (QED) is 0.749. The van der Waals surface area contributed by atoms with E-state index in [0.29, 0.717) is 16.5 Å².